The molecule has 2 rings (SSSR count). The van der Waals surface area contributed by atoms with E-state index in [0.717, 1.165) is 11.1 Å². The molecule has 2 aromatic rings. The Morgan fingerprint density at radius 3 is 2.17 bits per heavy atom. The molecule has 0 heterocycles. The molecule has 5 heteroatoms. The van der Waals surface area contributed by atoms with Gasteiger partial charge in [-0.15, -0.1) is 12.4 Å². The van der Waals surface area contributed by atoms with E-state index in [1.165, 1.54) is 0 Å². The lowest BCUT2D eigenvalue weighted by Gasteiger charge is -2.30. The third kappa shape index (κ3) is 4.50. The topological polar surface area (TPSA) is 46.3 Å². The number of nitrogens with zero attached hydrogens (tertiary/aromatic N) is 1. The van der Waals surface area contributed by atoms with E-state index in [9.17, 15) is 4.79 Å². The van der Waals surface area contributed by atoms with Gasteiger partial charge in [-0.1, -0.05) is 67.1 Å². The van der Waals surface area contributed by atoms with Crippen molar-refractivity contribution in [2.45, 2.75) is 25.9 Å². The van der Waals surface area contributed by atoms with Crippen molar-refractivity contribution in [3.8, 4) is 0 Å². The summed E-state index contributed by atoms with van der Waals surface area (Å²) < 4.78 is 0. The van der Waals surface area contributed by atoms with Crippen LogP contribution < -0.4 is 5.73 Å². The van der Waals surface area contributed by atoms with Crippen LogP contribution in [-0.4, -0.2) is 17.9 Å². The van der Waals surface area contributed by atoms with Crippen molar-refractivity contribution in [3.63, 3.8) is 0 Å². The molecule has 0 saturated heterocycles. The van der Waals surface area contributed by atoms with E-state index in [1.54, 1.807) is 11.9 Å². The molecule has 3 atom stereocenters. The largest absolute Gasteiger partial charge is 0.339 e. The average Bonchev–Trinajstić information content (AvgIpc) is 2.59. The summed E-state index contributed by atoms with van der Waals surface area (Å²) in [7, 11) is 1.80. The predicted octanol–water partition coefficient (Wildman–Crippen LogP) is 4.62. The Morgan fingerprint density at radius 1 is 1.04 bits per heavy atom. The van der Waals surface area contributed by atoms with Crippen LogP contribution in [0.3, 0.4) is 0 Å². The number of hydrogen-bond acceptors (Lipinski definition) is 2. The Labute approximate surface area is 155 Å². The molecule has 0 fully saturated rings. The standard InChI is InChI=1S/C19H23ClN2O.ClH/c1-13(18(21)15-9-5-4-6-10-15)19(23)22(3)14(2)16-11-7-8-12-17(16)20;/h4-14,18H,21H2,1-3H3;1H. The number of carbonyl (C=O) groups is 1. The first kappa shape index (κ1) is 20.5. The first-order chi connectivity index (χ1) is 10.9. The fourth-order valence-corrected chi connectivity index (χ4v) is 2.95. The number of nitrogens with two attached hydrogens (primary N) is 1. The van der Waals surface area contributed by atoms with E-state index < -0.39 is 0 Å². The molecular weight excluding hydrogens is 343 g/mol. The molecule has 0 aliphatic carbocycles. The fraction of sp³-hybridized carbons (Fsp3) is 0.316. The highest BCUT2D eigenvalue weighted by Gasteiger charge is 2.28. The van der Waals surface area contributed by atoms with E-state index in [0.29, 0.717) is 5.02 Å². The normalized spacial score (nSPS) is 14.2. The molecular formula is C19H24Cl2N2O. The zero-order chi connectivity index (χ0) is 17.0. The van der Waals surface area contributed by atoms with E-state index in [2.05, 4.69) is 0 Å². The molecule has 1 amide bonds. The molecule has 0 radical (unpaired) electrons. The van der Waals surface area contributed by atoms with E-state index in [-0.39, 0.29) is 36.3 Å². The van der Waals surface area contributed by atoms with Gasteiger partial charge in [-0.3, -0.25) is 4.79 Å². The maximum absolute atomic E-state index is 12.8. The second kappa shape index (κ2) is 9.07. The Morgan fingerprint density at radius 2 is 1.58 bits per heavy atom. The van der Waals surface area contributed by atoms with Crippen LogP contribution in [0, 0.1) is 5.92 Å². The second-order valence-corrected chi connectivity index (χ2v) is 6.28. The SMILES string of the molecule is CC(C(=O)N(C)C(C)c1ccccc1Cl)C(N)c1ccccc1.Cl. The summed E-state index contributed by atoms with van der Waals surface area (Å²) in [5.41, 5.74) is 8.17. The third-order valence-corrected chi connectivity index (χ3v) is 4.74. The third-order valence-electron chi connectivity index (χ3n) is 4.40. The van der Waals surface area contributed by atoms with E-state index in [4.69, 9.17) is 17.3 Å². The molecule has 0 bridgehead atoms. The number of hydrogen-bond donors (Lipinski definition) is 1. The van der Waals surface area contributed by atoms with Crippen LogP contribution in [0.5, 0.6) is 0 Å². The molecule has 130 valence electrons. The first-order valence-corrected chi connectivity index (χ1v) is 8.13. The summed E-state index contributed by atoms with van der Waals surface area (Å²) in [6.45, 7) is 3.84. The molecule has 3 nitrogen and oxygen atoms in total. The minimum absolute atomic E-state index is 0. The molecule has 3 unspecified atom stereocenters. The van der Waals surface area contributed by atoms with Gasteiger partial charge in [-0.05, 0) is 24.1 Å². The maximum Gasteiger partial charge on any atom is 0.227 e. The summed E-state index contributed by atoms with van der Waals surface area (Å²) in [5, 5.41) is 0.666. The van der Waals surface area contributed by atoms with Gasteiger partial charge in [0.25, 0.3) is 0 Å². The Kier molecular flexibility index (Phi) is 7.74. The van der Waals surface area contributed by atoms with Gasteiger partial charge in [-0.2, -0.15) is 0 Å². The average molecular weight is 367 g/mol. The number of benzene rings is 2. The number of carbonyl (C=O) groups excluding carboxylic acids is 1. The van der Waals surface area contributed by atoms with Crippen molar-refractivity contribution in [2.24, 2.45) is 11.7 Å². The summed E-state index contributed by atoms with van der Waals surface area (Å²) in [6.07, 6.45) is 0. The van der Waals surface area contributed by atoms with Crippen molar-refractivity contribution in [1.29, 1.82) is 0 Å². The van der Waals surface area contributed by atoms with Gasteiger partial charge in [0.1, 0.15) is 0 Å². The van der Waals surface area contributed by atoms with Gasteiger partial charge in [0, 0.05) is 18.1 Å². The second-order valence-electron chi connectivity index (χ2n) is 5.87. The molecule has 2 aromatic carbocycles. The van der Waals surface area contributed by atoms with Gasteiger partial charge >= 0.3 is 0 Å². The number of rotatable bonds is 5. The molecule has 0 spiro atoms. The van der Waals surface area contributed by atoms with Gasteiger partial charge in [-0.25, -0.2) is 0 Å². The summed E-state index contributed by atoms with van der Waals surface area (Å²) >= 11 is 6.24. The molecule has 0 aliphatic heterocycles. The van der Waals surface area contributed by atoms with Crippen molar-refractivity contribution in [3.05, 3.63) is 70.7 Å². The van der Waals surface area contributed by atoms with Gasteiger partial charge in [0.2, 0.25) is 5.91 Å². The molecule has 0 aromatic heterocycles. The van der Waals surface area contributed by atoms with Crippen LogP contribution >= 0.6 is 24.0 Å². The highest BCUT2D eigenvalue weighted by Crippen LogP contribution is 2.29. The number of amides is 1. The highest BCUT2D eigenvalue weighted by molar-refractivity contribution is 6.31. The highest BCUT2D eigenvalue weighted by atomic mass is 35.5. The molecule has 2 N–H and O–H groups in total. The monoisotopic (exact) mass is 366 g/mol. The fourth-order valence-electron chi connectivity index (χ4n) is 2.65. The van der Waals surface area contributed by atoms with Crippen LogP contribution in [0.2, 0.25) is 5.02 Å². The van der Waals surface area contributed by atoms with Crippen LogP contribution in [0.15, 0.2) is 54.6 Å². The summed E-state index contributed by atoms with van der Waals surface area (Å²) in [5.74, 6) is -0.305. The van der Waals surface area contributed by atoms with E-state index in [1.807, 2.05) is 68.4 Å². The van der Waals surface area contributed by atoms with Crippen molar-refractivity contribution < 1.29 is 4.79 Å². The van der Waals surface area contributed by atoms with Crippen LogP contribution in [0.1, 0.15) is 37.1 Å². The Balaban J connectivity index is 0.00000288. The van der Waals surface area contributed by atoms with Crippen LogP contribution in [-0.2, 0) is 4.79 Å². The predicted molar refractivity (Wildman–Crippen MR) is 102 cm³/mol. The zero-order valence-corrected chi connectivity index (χ0v) is 15.7. The van der Waals surface area contributed by atoms with Gasteiger partial charge < -0.3 is 10.6 Å². The molecule has 0 saturated carbocycles. The quantitative estimate of drug-likeness (QED) is 0.838. The summed E-state index contributed by atoms with van der Waals surface area (Å²) in [6, 6.07) is 16.9. The molecule has 24 heavy (non-hydrogen) atoms. The number of halogens is 2. The van der Waals surface area contributed by atoms with Crippen molar-refractivity contribution in [1.82, 2.24) is 4.90 Å². The zero-order valence-electron chi connectivity index (χ0n) is 14.1. The minimum atomic E-state index is -0.329. The van der Waals surface area contributed by atoms with Crippen molar-refractivity contribution >= 4 is 29.9 Å². The lowest BCUT2D eigenvalue weighted by atomic mass is 9.93. The van der Waals surface area contributed by atoms with Crippen LogP contribution in [0.4, 0.5) is 0 Å². The van der Waals surface area contributed by atoms with Gasteiger partial charge in [0.15, 0.2) is 0 Å². The van der Waals surface area contributed by atoms with Gasteiger partial charge in [0.05, 0.1) is 12.0 Å². The summed E-state index contributed by atoms with van der Waals surface area (Å²) in [4.78, 5) is 14.5. The maximum atomic E-state index is 12.8. The first-order valence-electron chi connectivity index (χ1n) is 7.75. The Bertz CT molecular complexity index is 663. The Hall–Kier alpha value is -1.55. The lowest BCUT2D eigenvalue weighted by Crippen LogP contribution is -2.38. The lowest BCUT2D eigenvalue weighted by molar-refractivity contribution is -0.136. The molecule has 0 aliphatic rings. The van der Waals surface area contributed by atoms with Crippen LogP contribution in [0.25, 0.3) is 0 Å². The van der Waals surface area contributed by atoms with Crippen molar-refractivity contribution in [2.75, 3.05) is 7.05 Å². The minimum Gasteiger partial charge on any atom is -0.339 e. The van der Waals surface area contributed by atoms with E-state index >= 15 is 0 Å². The smallest absolute Gasteiger partial charge is 0.227 e.